The summed E-state index contributed by atoms with van der Waals surface area (Å²) in [7, 11) is 0. The fourth-order valence-corrected chi connectivity index (χ4v) is 1.51. The Morgan fingerprint density at radius 2 is 2.07 bits per heavy atom. The number of hydrogen-bond donors (Lipinski definition) is 1. The second-order valence-corrected chi connectivity index (χ2v) is 3.72. The van der Waals surface area contributed by atoms with Gasteiger partial charge in [-0.25, -0.2) is 0 Å². The zero-order valence-corrected chi connectivity index (χ0v) is 9.30. The molecule has 1 rings (SSSR count). The minimum Gasteiger partial charge on any atom is -0.327 e. The van der Waals surface area contributed by atoms with Crippen LogP contribution in [0.4, 0.5) is 0 Å². The van der Waals surface area contributed by atoms with Gasteiger partial charge in [-0.05, 0) is 31.4 Å². The molecular formula is C13H19N. The molecule has 1 nitrogen and oxygen atoms in total. The molecule has 1 aromatic rings. The van der Waals surface area contributed by atoms with E-state index in [1.54, 1.807) is 0 Å². The van der Waals surface area contributed by atoms with E-state index in [9.17, 15) is 0 Å². The number of benzene rings is 1. The van der Waals surface area contributed by atoms with Crippen LogP contribution in [-0.4, -0.2) is 6.54 Å². The van der Waals surface area contributed by atoms with Crippen LogP contribution in [0.1, 0.15) is 30.0 Å². The van der Waals surface area contributed by atoms with Crippen LogP contribution in [0.25, 0.3) is 6.08 Å². The molecule has 0 aliphatic rings. The quantitative estimate of drug-likeness (QED) is 0.777. The zero-order valence-electron chi connectivity index (χ0n) is 9.30. The van der Waals surface area contributed by atoms with Crippen LogP contribution in [0.3, 0.4) is 0 Å². The smallest absolute Gasteiger partial charge is 0.0140 e. The molecule has 0 unspecified atom stereocenters. The molecule has 1 heteroatoms. The molecular weight excluding hydrogens is 170 g/mol. The standard InChI is InChI=1S/C13H19N/c1-4-12(9-14)8-13-6-5-10(2)7-11(13)3/h5-8H,4,9,14H2,1-3H3. The molecule has 14 heavy (non-hydrogen) atoms. The van der Waals surface area contributed by atoms with Gasteiger partial charge in [0.05, 0.1) is 0 Å². The molecule has 0 spiro atoms. The Morgan fingerprint density at radius 1 is 1.36 bits per heavy atom. The molecule has 0 aromatic heterocycles. The first-order valence-corrected chi connectivity index (χ1v) is 5.14. The van der Waals surface area contributed by atoms with Crippen molar-refractivity contribution < 1.29 is 0 Å². The normalized spacial score (nSPS) is 11.9. The highest BCUT2D eigenvalue weighted by Gasteiger charge is 1.97. The molecule has 0 radical (unpaired) electrons. The van der Waals surface area contributed by atoms with Gasteiger partial charge in [0.15, 0.2) is 0 Å². The number of nitrogens with two attached hydrogens (primary N) is 1. The van der Waals surface area contributed by atoms with E-state index in [4.69, 9.17) is 5.73 Å². The third kappa shape index (κ3) is 2.71. The predicted octanol–water partition coefficient (Wildman–Crippen LogP) is 3.06. The van der Waals surface area contributed by atoms with Crippen molar-refractivity contribution in [3.05, 3.63) is 40.5 Å². The highest BCUT2D eigenvalue weighted by Crippen LogP contribution is 2.15. The Hall–Kier alpha value is -1.08. The van der Waals surface area contributed by atoms with Crippen molar-refractivity contribution in [3.63, 3.8) is 0 Å². The predicted molar refractivity (Wildman–Crippen MR) is 63.2 cm³/mol. The lowest BCUT2D eigenvalue weighted by atomic mass is 10.0. The van der Waals surface area contributed by atoms with E-state index in [0.717, 1.165) is 6.42 Å². The Bertz CT molecular complexity index is 331. The molecule has 0 heterocycles. The highest BCUT2D eigenvalue weighted by molar-refractivity contribution is 5.57. The van der Waals surface area contributed by atoms with Gasteiger partial charge in [0.25, 0.3) is 0 Å². The first kappa shape index (κ1) is 11.0. The van der Waals surface area contributed by atoms with Crippen molar-refractivity contribution in [2.24, 2.45) is 5.73 Å². The van der Waals surface area contributed by atoms with Crippen molar-refractivity contribution in [1.29, 1.82) is 0 Å². The van der Waals surface area contributed by atoms with Crippen molar-refractivity contribution >= 4 is 6.08 Å². The maximum Gasteiger partial charge on any atom is 0.0140 e. The minimum atomic E-state index is 0.657. The van der Waals surface area contributed by atoms with Crippen LogP contribution in [-0.2, 0) is 0 Å². The van der Waals surface area contributed by atoms with E-state index in [2.05, 4.69) is 45.0 Å². The van der Waals surface area contributed by atoms with Gasteiger partial charge in [0, 0.05) is 6.54 Å². The maximum absolute atomic E-state index is 5.64. The van der Waals surface area contributed by atoms with Gasteiger partial charge in [-0.2, -0.15) is 0 Å². The summed E-state index contributed by atoms with van der Waals surface area (Å²) in [6.45, 7) is 7.05. The second-order valence-electron chi connectivity index (χ2n) is 3.72. The highest BCUT2D eigenvalue weighted by atomic mass is 14.5. The van der Waals surface area contributed by atoms with Crippen LogP contribution < -0.4 is 5.73 Å². The van der Waals surface area contributed by atoms with E-state index in [-0.39, 0.29) is 0 Å². The van der Waals surface area contributed by atoms with Crippen LogP contribution in [0, 0.1) is 13.8 Å². The summed E-state index contributed by atoms with van der Waals surface area (Å²) < 4.78 is 0. The van der Waals surface area contributed by atoms with E-state index >= 15 is 0 Å². The molecule has 0 saturated heterocycles. The summed E-state index contributed by atoms with van der Waals surface area (Å²) in [4.78, 5) is 0. The fourth-order valence-electron chi connectivity index (χ4n) is 1.51. The van der Waals surface area contributed by atoms with E-state index in [0.29, 0.717) is 6.54 Å². The minimum absolute atomic E-state index is 0.657. The van der Waals surface area contributed by atoms with Gasteiger partial charge in [0.1, 0.15) is 0 Å². The summed E-state index contributed by atoms with van der Waals surface area (Å²) in [5.41, 5.74) is 10.9. The maximum atomic E-state index is 5.64. The van der Waals surface area contributed by atoms with Crippen LogP contribution >= 0.6 is 0 Å². The first-order chi connectivity index (χ1) is 6.67. The molecule has 0 aliphatic carbocycles. The molecule has 0 atom stereocenters. The van der Waals surface area contributed by atoms with Gasteiger partial charge in [0.2, 0.25) is 0 Å². The Kier molecular flexibility index (Phi) is 3.90. The molecule has 1 aromatic carbocycles. The molecule has 76 valence electrons. The lowest BCUT2D eigenvalue weighted by Gasteiger charge is -2.05. The summed E-state index contributed by atoms with van der Waals surface area (Å²) in [6.07, 6.45) is 3.23. The van der Waals surface area contributed by atoms with Gasteiger partial charge < -0.3 is 5.73 Å². The van der Waals surface area contributed by atoms with Crippen molar-refractivity contribution in [3.8, 4) is 0 Å². The lowest BCUT2D eigenvalue weighted by molar-refractivity contribution is 1.02. The topological polar surface area (TPSA) is 26.0 Å². The molecule has 0 bridgehead atoms. The number of aryl methyl sites for hydroxylation is 2. The zero-order chi connectivity index (χ0) is 10.6. The molecule has 0 aliphatic heterocycles. The Labute approximate surface area is 86.6 Å². The number of rotatable bonds is 3. The van der Waals surface area contributed by atoms with Crippen LogP contribution in [0.2, 0.25) is 0 Å². The monoisotopic (exact) mass is 189 g/mol. The molecule has 0 amide bonds. The van der Waals surface area contributed by atoms with Gasteiger partial charge >= 0.3 is 0 Å². The Balaban J connectivity index is 3.02. The molecule has 0 fully saturated rings. The lowest BCUT2D eigenvalue weighted by Crippen LogP contribution is -2.01. The van der Waals surface area contributed by atoms with E-state index in [1.807, 2.05) is 0 Å². The van der Waals surface area contributed by atoms with Crippen LogP contribution in [0.15, 0.2) is 23.8 Å². The van der Waals surface area contributed by atoms with Gasteiger partial charge in [-0.15, -0.1) is 0 Å². The third-order valence-corrected chi connectivity index (χ3v) is 2.50. The SMILES string of the molecule is CCC(=Cc1ccc(C)cc1C)CN. The van der Waals surface area contributed by atoms with E-state index in [1.165, 1.54) is 22.3 Å². The van der Waals surface area contributed by atoms with Crippen LogP contribution in [0.5, 0.6) is 0 Å². The summed E-state index contributed by atoms with van der Waals surface area (Å²) in [6, 6.07) is 6.51. The fraction of sp³-hybridized carbons (Fsp3) is 0.385. The second kappa shape index (κ2) is 4.97. The average Bonchev–Trinajstić information content (AvgIpc) is 2.17. The van der Waals surface area contributed by atoms with Crippen molar-refractivity contribution in [2.45, 2.75) is 27.2 Å². The molecule has 2 N–H and O–H groups in total. The van der Waals surface area contributed by atoms with Crippen molar-refractivity contribution in [2.75, 3.05) is 6.54 Å². The molecule has 0 saturated carbocycles. The summed E-state index contributed by atoms with van der Waals surface area (Å²) in [5.74, 6) is 0. The van der Waals surface area contributed by atoms with E-state index < -0.39 is 0 Å². The summed E-state index contributed by atoms with van der Waals surface area (Å²) >= 11 is 0. The third-order valence-electron chi connectivity index (χ3n) is 2.50. The van der Waals surface area contributed by atoms with Gasteiger partial charge in [-0.1, -0.05) is 42.3 Å². The van der Waals surface area contributed by atoms with Crippen molar-refractivity contribution in [1.82, 2.24) is 0 Å². The average molecular weight is 189 g/mol. The largest absolute Gasteiger partial charge is 0.327 e. The number of hydrogen-bond acceptors (Lipinski definition) is 1. The first-order valence-electron chi connectivity index (χ1n) is 5.14. The van der Waals surface area contributed by atoms with Gasteiger partial charge in [-0.3, -0.25) is 0 Å². The Morgan fingerprint density at radius 3 is 2.57 bits per heavy atom. The summed E-state index contributed by atoms with van der Waals surface area (Å²) in [5, 5.41) is 0.